The van der Waals surface area contributed by atoms with Crippen LogP contribution >= 0.6 is 0 Å². The Hall–Kier alpha value is -1.10. The highest BCUT2D eigenvalue weighted by Crippen LogP contribution is 2.44. The quantitative estimate of drug-likeness (QED) is 0.843. The molecule has 0 radical (unpaired) electrons. The molecule has 108 valence electrons. The molecule has 0 aromatic heterocycles. The summed E-state index contributed by atoms with van der Waals surface area (Å²) in [6.07, 6.45) is 3.18. The molecule has 3 unspecified atom stereocenters. The van der Waals surface area contributed by atoms with Gasteiger partial charge in [0.25, 0.3) is 0 Å². The first-order chi connectivity index (χ1) is 8.86. The Morgan fingerprint density at radius 1 is 1.37 bits per heavy atom. The number of ether oxygens (including phenoxy) is 1. The van der Waals surface area contributed by atoms with Gasteiger partial charge >= 0.3 is 5.97 Å². The zero-order valence-corrected chi connectivity index (χ0v) is 11.9. The number of nitrogens with zero attached hydrogens (tertiary/aromatic N) is 1. The molecule has 0 aromatic rings. The van der Waals surface area contributed by atoms with Gasteiger partial charge in [-0.1, -0.05) is 20.3 Å². The number of likely N-dealkylation sites (tertiary alicyclic amines) is 1. The van der Waals surface area contributed by atoms with Crippen molar-refractivity contribution in [2.45, 2.75) is 51.7 Å². The number of methoxy groups -OCH3 is 1. The first-order valence-corrected chi connectivity index (χ1v) is 6.93. The van der Waals surface area contributed by atoms with Crippen molar-refractivity contribution in [3.63, 3.8) is 0 Å². The first kappa shape index (κ1) is 14.3. The molecule has 1 amide bonds. The monoisotopic (exact) mass is 269 g/mol. The highest BCUT2D eigenvalue weighted by Gasteiger charge is 2.47. The van der Waals surface area contributed by atoms with Gasteiger partial charge in [-0.3, -0.25) is 4.79 Å². The summed E-state index contributed by atoms with van der Waals surface area (Å²) in [6, 6.07) is -0.728. The maximum Gasteiger partial charge on any atom is 0.326 e. The number of carboxylic acid groups (broad SMARTS) is 1. The van der Waals surface area contributed by atoms with Crippen LogP contribution in [0.25, 0.3) is 0 Å². The molecule has 1 aliphatic carbocycles. The molecular formula is C14H23NO4. The fourth-order valence-electron chi connectivity index (χ4n) is 3.43. The molecule has 1 saturated carbocycles. The normalized spacial score (nSPS) is 33.6. The molecule has 3 atom stereocenters. The van der Waals surface area contributed by atoms with Gasteiger partial charge in [-0.05, 0) is 18.3 Å². The minimum Gasteiger partial charge on any atom is -0.480 e. The van der Waals surface area contributed by atoms with Crippen LogP contribution in [0.15, 0.2) is 0 Å². The van der Waals surface area contributed by atoms with E-state index in [-0.39, 0.29) is 23.3 Å². The van der Waals surface area contributed by atoms with E-state index in [4.69, 9.17) is 4.74 Å². The Labute approximate surface area is 113 Å². The summed E-state index contributed by atoms with van der Waals surface area (Å²) in [6.45, 7) is 4.60. The van der Waals surface area contributed by atoms with E-state index in [1.807, 2.05) is 0 Å². The van der Waals surface area contributed by atoms with E-state index >= 15 is 0 Å². The van der Waals surface area contributed by atoms with Crippen LogP contribution < -0.4 is 0 Å². The van der Waals surface area contributed by atoms with E-state index in [1.54, 1.807) is 7.11 Å². The van der Waals surface area contributed by atoms with Crippen LogP contribution in [0.3, 0.4) is 0 Å². The van der Waals surface area contributed by atoms with Gasteiger partial charge in [-0.15, -0.1) is 0 Å². The van der Waals surface area contributed by atoms with Gasteiger partial charge in [0.15, 0.2) is 0 Å². The number of rotatable bonds is 3. The second-order valence-electron chi connectivity index (χ2n) is 6.37. The molecule has 0 spiro atoms. The van der Waals surface area contributed by atoms with E-state index in [1.165, 1.54) is 4.90 Å². The highest BCUT2D eigenvalue weighted by molar-refractivity contribution is 5.86. The van der Waals surface area contributed by atoms with Crippen LogP contribution in [-0.2, 0) is 14.3 Å². The number of carbonyl (C=O) groups is 2. The van der Waals surface area contributed by atoms with Crippen LogP contribution in [0.2, 0.25) is 0 Å². The van der Waals surface area contributed by atoms with E-state index in [2.05, 4.69) is 13.8 Å². The highest BCUT2D eigenvalue weighted by atomic mass is 16.5. The van der Waals surface area contributed by atoms with Crippen LogP contribution in [0, 0.1) is 11.3 Å². The molecule has 0 bridgehead atoms. The molecule has 2 aliphatic rings. The van der Waals surface area contributed by atoms with Gasteiger partial charge in [0.1, 0.15) is 6.04 Å². The number of hydrogen-bond acceptors (Lipinski definition) is 3. The zero-order valence-electron chi connectivity index (χ0n) is 11.9. The van der Waals surface area contributed by atoms with Gasteiger partial charge in [-0.2, -0.15) is 0 Å². The lowest BCUT2D eigenvalue weighted by Gasteiger charge is -2.31. The number of aliphatic carboxylic acids is 1. The summed E-state index contributed by atoms with van der Waals surface area (Å²) in [5, 5.41) is 9.27. The molecule has 1 saturated heterocycles. The van der Waals surface area contributed by atoms with Gasteiger partial charge < -0.3 is 14.7 Å². The van der Waals surface area contributed by atoms with Crippen molar-refractivity contribution >= 4 is 11.9 Å². The third-order valence-electron chi connectivity index (χ3n) is 4.72. The molecule has 1 heterocycles. The number of hydrogen-bond donors (Lipinski definition) is 1. The van der Waals surface area contributed by atoms with E-state index in [9.17, 15) is 14.7 Å². The van der Waals surface area contributed by atoms with Crippen molar-refractivity contribution < 1.29 is 19.4 Å². The minimum absolute atomic E-state index is 0.00514. The zero-order chi connectivity index (χ0) is 14.2. The maximum atomic E-state index is 12.6. The van der Waals surface area contributed by atoms with E-state index in [0.29, 0.717) is 13.0 Å². The van der Waals surface area contributed by atoms with Crippen molar-refractivity contribution in [2.75, 3.05) is 13.7 Å². The van der Waals surface area contributed by atoms with Gasteiger partial charge in [0.2, 0.25) is 5.91 Å². The Morgan fingerprint density at radius 3 is 2.53 bits per heavy atom. The first-order valence-electron chi connectivity index (χ1n) is 6.93. The topological polar surface area (TPSA) is 66.8 Å². The minimum atomic E-state index is -0.927. The number of amides is 1. The summed E-state index contributed by atoms with van der Waals surface area (Å²) in [7, 11) is 1.57. The molecule has 5 nitrogen and oxygen atoms in total. The van der Waals surface area contributed by atoms with Gasteiger partial charge in [-0.25, -0.2) is 4.79 Å². The van der Waals surface area contributed by atoms with Crippen LogP contribution in [0.1, 0.15) is 39.5 Å². The van der Waals surface area contributed by atoms with Crippen LogP contribution in [0.5, 0.6) is 0 Å². The average molecular weight is 269 g/mol. The van der Waals surface area contributed by atoms with Gasteiger partial charge in [0, 0.05) is 26.0 Å². The largest absolute Gasteiger partial charge is 0.480 e. The van der Waals surface area contributed by atoms with Crippen LogP contribution in [0.4, 0.5) is 0 Å². The molecule has 2 fully saturated rings. The summed E-state index contributed by atoms with van der Waals surface area (Å²) >= 11 is 0. The second kappa shape index (κ2) is 5.12. The maximum absolute atomic E-state index is 12.6. The molecule has 2 rings (SSSR count). The Kier molecular flexibility index (Phi) is 3.85. The second-order valence-corrected chi connectivity index (χ2v) is 6.37. The third-order valence-corrected chi connectivity index (χ3v) is 4.72. The molecular weight excluding hydrogens is 246 g/mol. The predicted octanol–water partition coefficient (Wildman–Crippen LogP) is 1.51. The van der Waals surface area contributed by atoms with E-state index < -0.39 is 12.0 Å². The van der Waals surface area contributed by atoms with Crippen molar-refractivity contribution in [3.05, 3.63) is 0 Å². The van der Waals surface area contributed by atoms with Crippen molar-refractivity contribution in [3.8, 4) is 0 Å². The molecule has 19 heavy (non-hydrogen) atoms. The lowest BCUT2D eigenvalue weighted by atomic mass is 9.81. The van der Waals surface area contributed by atoms with Crippen molar-refractivity contribution in [2.24, 2.45) is 11.3 Å². The Balaban J connectivity index is 2.15. The fraction of sp³-hybridized carbons (Fsp3) is 0.857. The fourth-order valence-corrected chi connectivity index (χ4v) is 3.43. The molecule has 0 aromatic carbocycles. The van der Waals surface area contributed by atoms with Crippen molar-refractivity contribution in [1.82, 2.24) is 4.90 Å². The summed E-state index contributed by atoms with van der Waals surface area (Å²) in [5.41, 5.74) is -0.0225. The molecule has 5 heteroatoms. The smallest absolute Gasteiger partial charge is 0.326 e. The Morgan fingerprint density at radius 2 is 2.05 bits per heavy atom. The summed E-state index contributed by atoms with van der Waals surface area (Å²) in [5.74, 6) is -0.983. The van der Waals surface area contributed by atoms with Crippen molar-refractivity contribution in [1.29, 1.82) is 0 Å². The molecule has 1 aliphatic heterocycles. The summed E-state index contributed by atoms with van der Waals surface area (Å²) < 4.78 is 5.23. The SMILES string of the molecule is COC1CC(C(=O)O)N(C(=O)C2CCCC2(C)C)C1. The lowest BCUT2D eigenvalue weighted by molar-refractivity contribution is -0.151. The third kappa shape index (κ3) is 2.61. The summed E-state index contributed by atoms with van der Waals surface area (Å²) in [4.78, 5) is 25.5. The number of carboxylic acids is 1. The number of carbonyl (C=O) groups excluding carboxylic acids is 1. The van der Waals surface area contributed by atoms with E-state index in [0.717, 1.165) is 19.3 Å². The van der Waals surface area contributed by atoms with Gasteiger partial charge in [0.05, 0.1) is 6.10 Å². The molecule has 1 N–H and O–H groups in total. The van der Waals surface area contributed by atoms with Crippen LogP contribution in [-0.4, -0.2) is 47.7 Å². The standard InChI is InChI=1S/C14H23NO4/c1-14(2)6-4-5-10(14)12(16)15-8-9(19-3)7-11(15)13(17)18/h9-11H,4-8H2,1-3H3,(H,17,18). The predicted molar refractivity (Wildman–Crippen MR) is 69.7 cm³/mol. The Bertz CT molecular complexity index is 380. The average Bonchev–Trinajstić information content (AvgIpc) is 2.91. The lowest BCUT2D eigenvalue weighted by Crippen LogP contribution is -2.45.